The van der Waals surface area contributed by atoms with Gasteiger partial charge < -0.3 is 5.32 Å². The summed E-state index contributed by atoms with van der Waals surface area (Å²) in [6.45, 7) is 7.32. The number of rotatable bonds is 5. The zero-order chi connectivity index (χ0) is 13.8. The largest absolute Gasteiger partial charge is 0.304 e. The van der Waals surface area contributed by atoms with Gasteiger partial charge in [0.25, 0.3) is 0 Å². The number of aromatic nitrogens is 1. The minimum Gasteiger partial charge on any atom is -0.304 e. The van der Waals surface area contributed by atoms with E-state index in [4.69, 9.17) is 11.6 Å². The predicted octanol–water partition coefficient (Wildman–Crippen LogP) is 4.50. The Hall–Kier alpha value is -0.900. The fourth-order valence-electron chi connectivity index (χ4n) is 2.13. The van der Waals surface area contributed by atoms with Crippen molar-refractivity contribution in [3.05, 3.63) is 50.4 Å². The third-order valence-electron chi connectivity index (χ3n) is 3.01. The molecule has 2 rings (SSSR count). The van der Waals surface area contributed by atoms with Crippen LogP contribution in [0.3, 0.4) is 0 Å². The Morgan fingerprint density at radius 3 is 2.74 bits per heavy atom. The molecule has 0 amide bonds. The Bertz CT molecular complexity index is 551. The summed E-state index contributed by atoms with van der Waals surface area (Å²) >= 11 is 7.68. The van der Waals surface area contributed by atoms with Gasteiger partial charge in [-0.05, 0) is 50.1 Å². The van der Waals surface area contributed by atoms with Crippen LogP contribution in [0.1, 0.15) is 41.1 Å². The van der Waals surface area contributed by atoms with Crippen LogP contribution in [0.25, 0.3) is 0 Å². The molecule has 0 aliphatic heterocycles. The van der Waals surface area contributed by atoms with Crippen molar-refractivity contribution in [1.82, 2.24) is 10.3 Å². The SMILES string of the molecule is CCCNC(c1ccc(Cl)s1)c1ncc(C)cc1C. The van der Waals surface area contributed by atoms with Crippen LogP contribution in [0.2, 0.25) is 4.34 Å². The summed E-state index contributed by atoms with van der Waals surface area (Å²) in [7, 11) is 0. The lowest BCUT2D eigenvalue weighted by molar-refractivity contribution is 0.590. The van der Waals surface area contributed by atoms with Crippen LogP contribution < -0.4 is 5.32 Å². The first kappa shape index (κ1) is 14.5. The molecule has 2 aromatic heterocycles. The van der Waals surface area contributed by atoms with Crippen LogP contribution in [0.15, 0.2) is 24.4 Å². The standard InChI is InChI=1S/C15H19ClN2S/c1-4-7-17-15(12-5-6-13(16)19-12)14-11(3)8-10(2)9-18-14/h5-6,8-9,15,17H,4,7H2,1-3H3. The summed E-state index contributed by atoms with van der Waals surface area (Å²) in [5, 5.41) is 3.56. The molecular weight excluding hydrogens is 276 g/mol. The number of aryl methyl sites for hydroxylation is 2. The molecule has 0 fully saturated rings. The van der Waals surface area contributed by atoms with Crippen molar-refractivity contribution in [3.8, 4) is 0 Å². The number of halogens is 1. The first-order chi connectivity index (χ1) is 9.11. The zero-order valence-electron chi connectivity index (χ0n) is 11.5. The number of hydrogen-bond donors (Lipinski definition) is 1. The average Bonchev–Trinajstić information content (AvgIpc) is 2.78. The summed E-state index contributed by atoms with van der Waals surface area (Å²) in [6, 6.07) is 6.35. The van der Waals surface area contributed by atoms with Gasteiger partial charge in [0.15, 0.2) is 0 Å². The number of hydrogen-bond acceptors (Lipinski definition) is 3. The second kappa shape index (κ2) is 6.51. The Kier molecular flexibility index (Phi) is 4.97. The minimum absolute atomic E-state index is 0.137. The predicted molar refractivity (Wildman–Crippen MR) is 83.2 cm³/mol. The Morgan fingerprint density at radius 2 is 2.16 bits per heavy atom. The van der Waals surface area contributed by atoms with E-state index in [1.54, 1.807) is 11.3 Å². The summed E-state index contributed by atoms with van der Waals surface area (Å²) in [5.41, 5.74) is 3.51. The maximum atomic E-state index is 6.06. The van der Waals surface area contributed by atoms with E-state index in [9.17, 15) is 0 Å². The van der Waals surface area contributed by atoms with Crippen molar-refractivity contribution in [2.45, 2.75) is 33.2 Å². The fourth-order valence-corrected chi connectivity index (χ4v) is 3.27. The van der Waals surface area contributed by atoms with Gasteiger partial charge >= 0.3 is 0 Å². The summed E-state index contributed by atoms with van der Waals surface area (Å²) in [5.74, 6) is 0. The van der Waals surface area contributed by atoms with E-state index in [0.717, 1.165) is 23.0 Å². The molecule has 0 aliphatic carbocycles. The van der Waals surface area contributed by atoms with Crippen LogP contribution in [0.5, 0.6) is 0 Å². The molecule has 0 aliphatic rings. The second-order valence-corrected chi connectivity index (χ2v) is 6.49. The van der Waals surface area contributed by atoms with Gasteiger partial charge in [-0.15, -0.1) is 11.3 Å². The molecule has 2 heterocycles. The van der Waals surface area contributed by atoms with E-state index >= 15 is 0 Å². The molecule has 0 saturated carbocycles. The maximum Gasteiger partial charge on any atom is 0.0931 e. The van der Waals surface area contributed by atoms with Gasteiger partial charge in [0.2, 0.25) is 0 Å². The molecule has 0 radical (unpaired) electrons. The van der Waals surface area contributed by atoms with Gasteiger partial charge in [0.1, 0.15) is 0 Å². The van der Waals surface area contributed by atoms with Crippen LogP contribution in [0.4, 0.5) is 0 Å². The molecule has 1 unspecified atom stereocenters. The third-order valence-corrected chi connectivity index (χ3v) is 4.30. The van der Waals surface area contributed by atoms with E-state index in [1.165, 1.54) is 16.0 Å². The monoisotopic (exact) mass is 294 g/mol. The number of pyridine rings is 1. The highest BCUT2D eigenvalue weighted by Gasteiger charge is 2.18. The zero-order valence-corrected chi connectivity index (χ0v) is 13.1. The van der Waals surface area contributed by atoms with Crippen LogP contribution >= 0.6 is 22.9 Å². The van der Waals surface area contributed by atoms with Crippen molar-refractivity contribution in [3.63, 3.8) is 0 Å². The highest BCUT2D eigenvalue weighted by molar-refractivity contribution is 7.16. The molecule has 102 valence electrons. The molecule has 1 N–H and O–H groups in total. The molecule has 0 saturated heterocycles. The maximum absolute atomic E-state index is 6.06. The highest BCUT2D eigenvalue weighted by atomic mass is 35.5. The lowest BCUT2D eigenvalue weighted by atomic mass is 10.0. The normalized spacial score (nSPS) is 12.6. The lowest BCUT2D eigenvalue weighted by Gasteiger charge is -2.19. The van der Waals surface area contributed by atoms with E-state index in [1.807, 2.05) is 12.3 Å². The average molecular weight is 295 g/mol. The molecule has 0 bridgehead atoms. The highest BCUT2D eigenvalue weighted by Crippen LogP contribution is 2.31. The van der Waals surface area contributed by atoms with Crippen molar-refractivity contribution in [2.75, 3.05) is 6.54 Å². The van der Waals surface area contributed by atoms with E-state index in [-0.39, 0.29) is 6.04 Å². The molecule has 2 aromatic rings. The van der Waals surface area contributed by atoms with Gasteiger partial charge in [0, 0.05) is 11.1 Å². The molecule has 19 heavy (non-hydrogen) atoms. The Labute approximate surface area is 123 Å². The van der Waals surface area contributed by atoms with Crippen molar-refractivity contribution < 1.29 is 0 Å². The quantitative estimate of drug-likeness (QED) is 0.878. The number of thiophene rings is 1. The summed E-state index contributed by atoms with van der Waals surface area (Å²) in [4.78, 5) is 5.84. The number of nitrogens with one attached hydrogen (secondary N) is 1. The molecule has 1 atom stereocenters. The lowest BCUT2D eigenvalue weighted by Crippen LogP contribution is -2.24. The van der Waals surface area contributed by atoms with Crippen LogP contribution in [-0.4, -0.2) is 11.5 Å². The van der Waals surface area contributed by atoms with Crippen molar-refractivity contribution >= 4 is 22.9 Å². The van der Waals surface area contributed by atoms with Crippen molar-refractivity contribution in [2.24, 2.45) is 0 Å². The first-order valence-electron chi connectivity index (χ1n) is 6.53. The summed E-state index contributed by atoms with van der Waals surface area (Å²) < 4.78 is 0.822. The molecular formula is C15H19ClN2S. The fraction of sp³-hybridized carbons (Fsp3) is 0.400. The van der Waals surface area contributed by atoms with E-state index in [0.29, 0.717) is 0 Å². The third kappa shape index (κ3) is 3.56. The Morgan fingerprint density at radius 1 is 1.37 bits per heavy atom. The van der Waals surface area contributed by atoms with Gasteiger partial charge in [0.05, 0.1) is 16.1 Å². The smallest absolute Gasteiger partial charge is 0.0931 e. The second-order valence-electron chi connectivity index (χ2n) is 4.74. The van der Waals surface area contributed by atoms with Crippen molar-refractivity contribution in [1.29, 1.82) is 0 Å². The topological polar surface area (TPSA) is 24.9 Å². The van der Waals surface area contributed by atoms with Gasteiger partial charge in [-0.3, -0.25) is 4.98 Å². The molecule has 0 aromatic carbocycles. The molecule has 4 heteroatoms. The van der Waals surface area contributed by atoms with Gasteiger partial charge in [-0.1, -0.05) is 24.6 Å². The summed E-state index contributed by atoms with van der Waals surface area (Å²) in [6.07, 6.45) is 3.03. The minimum atomic E-state index is 0.137. The van der Waals surface area contributed by atoms with E-state index in [2.05, 4.69) is 43.2 Å². The van der Waals surface area contributed by atoms with Gasteiger partial charge in [-0.25, -0.2) is 0 Å². The van der Waals surface area contributed by atoms with E-state index < -0.39 is 0 Å². The first-order valence-corrected chi connectivity index (χ1v) is 7.73. The molecule has 2 nitrogen and oxygen atoms in total. The van der Waals surface area contributed by atoms with Crippen LogP contribution in [0, 0.1) is 13.8 Å². The molecule has 0 spiro atoms. The van der Waals surface area contributed by atoms with Gasteiger partial charge in [-0.2, -0.15) is 0 Å². The Balaban J connectivity index is 2.36. The van der Waals surface area contributed by atoms with Crippen LogP contribution in [-0.2, 0) is 0 Å². The number of nitrogens with zero attached hydrogens (tertiary/aromatic N) is 1.